The average molecular weight is 316 g/mol. The Morgan fingerprint density at radius 2 is 2.17 bits per heavy atom. The van der Waals surface area contributed by atoms with E-state index in [1.165, 1.54) is 21.7 Å². The first-order valence-corrected chi connectivity index (χ1v) is 7.41. The van der Waals surface area contributed by atoms with Gasteiger partial charge in [-0.15, -0.1) is 0 Å². The van der Waals surface area contributed by atoms with E-state index in [-0.39, 0.29) is 11.9 Å². The second-order valence-corrected chi connectivity index (χ2v) is 5.54. The lowest BCUT2D eigenvalue weighted by Gasteiger charge is -2.24. The Labute approximate surface area is 132 Å². The summed E-state index contributed by atoms with van der Waals surface area (Å²) in [7, 11) is 1.72. The fourth-order valence-electron chi connectivity index (χ4n) is 2.85. The Hall–Kier alpha value is -2.70. The number of rotatable bonds is 2. The molecule has 120 valence electrons. The number of halogens is 1. The molecule has 2 aromatic rings. The molecular weight excluding hydrogens is 299 g/mol. The van der Waals surface area contributed by atoms with Gasteiger partial charge in [0.05, 0.1) is 6.04 Å². The van der Waals surface area contributed by atoms with Crippen molar-refractivity contribution in [2.75, 3.05) is 11.9 Å². The molecule has 1 fully saturated rings. The van der Waals surface area contributed by atoms with E-state index in [0.29, 0.717) is 24.3 Å². The highest BCUT2D eigenvalue weighted by atomic mass is 19.1. The molecule has 1 aliphatic rings. The van der Waals surface area contributed by atoms with Crippen LogP contribution in [0.25, 0.3) is 0 Å². The van der Waals surface area contributed by atoms with Crippen LogP contribution in [0, 0.1) is 5.82 Å². The normalized spacial score (nSPS) is 17.3. The maximum Gasteiger partial charge on any atom is 0.315 e. The van der Waals surface area contributed by atoms with Crippen molar-refractivity contribution in [2.45, 2.75) is 18.9 Å². The third-order valence-electron chi connectivity index (χ3n) is 3.90. The fraction of sp³-hybridized carbons (Fsp3) is 0.312. The standard InChI is InChI=1S/C16H17FN4O2/c1-20-9-7-14(19-20)18-15(22)16(23)21-8-3-6-13(21)11-4-2-5-12(17)10-11/h2,4-5,7,9-10,13H,3,6,8H2,1H3,(H,18,19,22). The van der Waals surface area contributed by atoms with Crippen LogP contribution in [0.1, 0.15) is 24.4 Å². The van der Waals surface area contributed by atoms with Gasteiger partial charge in [-0.05, 0) is 30.5 Å². The van der Waals surface area contributed by atoms with E-state index in [0.717, 1.165) is 6.42 Å². The minimum Gasteiger partial charge on any atom is -0.327 e. The first kappa shape index (κ1) is 15.2. The summed E-state index contributed by atoms with van der Waals surface area (Å²) >= 11 is 0. The van der Waals surface area contributed by atoms with E-state index < -0.39 is 11.8 Å². The maximum atomic E-state index is 13.4. The van der Waals surface area contributed by atoms with Crippen molar-refractivity contribution in [2.24, 2.45) is 7.05 Å². The molecule has 1 atom stereocenters. The van der Waals surface area contributed by atoms with Crippen molar-refractivity contribution in [1.29, 1.82) is 0 Å². The highest BCUT2D eigenvalue weighted by Crippen LogP contribution is 2.32. The molecular formula is C16H17FN4O2. The average Bonchev–Trinajstić information content (AvgIpc) is 3.15. The Morgan fingerprint density at radius 1 is 1.35 bits per heavy atom. The molecule has 0 spiro atoms. The van der Waals surface area contributed by atoms with Gasteiger partial charge >= 0.3 is 11.8 Å². The quantitative estimate of drug-likeness (QED) is 0.860. The Kier molecular flexibility index (Phi) is 4.10. The minimum absolute atomic E-state index is 0.271. The lowest BCUT2D eigenvalue weighted by Crippen LogP contribution is -2.39. The van der Waals surface area contributed by atoms with Gasteiger partial charge in [0.15, 0.2) is 5.82 Å². The molecule has 3 rings (SSSR count). The zero-order valence-corrected chi connectivity index (χ0v) is 12.7. The van der Waals surface area contributed by atoms with Crippen LogP contribution in [0.15, 0.2) is 36.5 Å². The number of amides is 2. The van der Waals surface area contributed by atoms with Crippen LogP contribution in [0.4, 0.5) is 10.2 Å². The number of nitrogens with one attached hydrogen (secondary N) is 1. The molecule has 0 saturated carbocycles. The molecule has 23 heavy (non-hydrogen) atoms. The summed E-state index contributed by atoms with van der Waals surface area (Å²) in [5.41, 5.74) is 0.710. The van der Waals surface area contributed by atoms with Gasteiger partial charge in [0.2, 0.25) is 0 Å². The van der Waals surface area contributed by atoms with Crippen LogP contribution in [-0.2, 0) is 16.6 Å². The molecule has 1 N–H and O–H groups in total. The van der Waals surface area contributed by atoms with Crippen LogP contribution in [0.3, 0.4) is 0 Å². The number of carbonyl (C=O) groups is 2. The maximum absolute atomic E-state index is 13.4. The van der Waals surface area contributed by atoms with Crippen LogP contribution >= 0.6 is 0 Å². The SMILES string of the molecule is Cn1ccc(NC(=O)C(=O)N2CCCC2c2cccc(F)c2)n1. The largest absolute Gasteiger partial charge is 0.327 e. The highest BCUT2D eigenvalue weighted by molar-refractivity contribution is 6.39. The fourth-order valence-corrected chi connectivity index (χ4v) is 2.85. The van der Waals surface area contributed by atoms with Gasteiger partial charge in [-0.2, -0.15) is 5.10 Å². The number of likely N-dealkylation sites (tertiary alicyclic amines) is 1. The van der Waals surface area contributed by atoms with Crippen molar-refractivity contribution in [3.8, 4) is 0 Å². The summed E-state index contributed by atoms with van der Waals surface area (Å²) < 4.78 is 14.9. The van der Waals surface area contributed by atoms with Gasteiger partial charge in [0.1, 0.15) is 5.82 Å². The summed E-state index contributed by atoms with van der Waals surface area (Å²) in [6.45, 7) is 0.482. The van der Waals surface area contributed by atoms with Crippen LogP contribution in [0.5, 0.6) is 0 Å². The lowest BCUT2D eigenvalue weighted by molar-refractivity contribution is -0.143. The van der Waals surface area contributed by atoms with Crippen molar-refractivity contribution < 1.29 is 14.0 Å². The molecule has 1 unspecified atom stereocenters. The number of aromatic nitrogens is 2. The molecule has 1 aliphatic heterocycles. The highest BCUT2D eigenvalue weighted by Gasteiger charge is 2.33. The summed E-state index contributed by atoms with van der Waals surface area (Å²) in [5, 5.41) is 6.50. The number of anilines is 1. The van der Waals surface area contributed by atoms with Crippen molar-refractivity contribution in [1.82, 2.24) is 14.7 Å². The van der Waals surface area contributed by atoms with Gasteiger partial charge in [-0.3, -0.25) is 14.3 Å². The minimum atomic E-state index is -0.730. The smallest absolute Gasteiger partial charge is 0.315 e. The topological polar surface area (TPSA) is 67.2 Å². The first-order valence-electron chi connectivity index (χ1n) is 7.41. The van der Waals surface area contributed by atoms with E-state index in [1.807, 2.05) is 0 Å². The number of nitrogens with zero attached hydrogens (tertiary/aromatic N) is 3. The summed E-state index contributed by atoms with van der Waals surface area (Å²) in [4.78, 5) is 26.0. The third-order valence-corrected chi connectivity index (χ3v) is 3.90. The van der Waals surface area contributed by atoms with E-state index in [1.54, 1.807) is 31.4 Å². The predicted octanol–water partition coefficient (Wildman–Crippen LogP) is 1.86. The molecule has 2 heterocycles. The molecule has 0 aliphatic carbocycles. The van der Waals surface area contributed by atoms with E-state index in [4.69, 9.17) is 0 Å². The Bertz CT molecular complexity index is 743. The number of carbonyl (C=O) groups excluding carboxylic acids is 2. The molecule has 1 saturated heterocycles. The number of aryl methyl sites for hydroxylation is 1. The van der Waals surface area contributed by atoms with Crippen molar-refractivity contribution in [3.05, 3.63) is 47.9 Å². The van der Waals surface area contributed by atoms with Crippen molar-refractivity contribution in [3.63, 3.8) is 0 Å². The van der Waals surface area contributed by atoms with E-state index >= 15 is 0 Å². The predicted molar refractivity (Wildman–Crippen MR) is 81.9 cm³/mol. The molecule has 6 nitrogen and oxygen atoms in total. The molecule has 7 heteroatoms. The summed E-state index contributed by atoms with van der Waals surface area (Å²) in [6.07, 6.45) is 3.17. The van der Waals surface area contributed by atoms with Gasteiger partial charge in [0.25, 0.3) is 0 Å². The molecule has 1 aromatic carbocycles. The Morgan fingerprint density at radius 3 is 2.87 bits per heavy atom. The van der Waals surface area contributed by atoms with E-state index in [9.17, 15) is 14.0 Å². The summed E-state index contributed by atoms with van der Waals surface area (Å²) in [6, 6.07) is 7.49. The summed E-state index contributed by atoms with van der Waals surface area (Å²) in [5.74, 6) is -1.37. The molecule has 2 amide bonds. The molecule has 0 bridgehead atoms. The second-order valence-electron chi connectivity index (χ2n) is 5.54. The molecule has 1 aromatic heterocycles. The Balaban J connectivity index is 1.74. The van der Waals surface area contributed by atoms with Gasteiger partial charge in [0, 0.05) is 25.9 Å². The van der Waals surface area contributed by atoms with Gasteiger partial charge < -0.3 is 10.2 Å². The number of benzene rings is 1. The van der Waals surface area contributed by atoms with Gasteiger partial charge in [-0.25, -0.2) is 4.39 Å². The van der Waals surface area contributed by atoms with Crippen LogP contribution in [0.2, 0.25) is 0 Å². The third kappa shape index (κ3) is 3.23. The number of hydrogen-bond donors (Lipinski definition) is 1. The monoisotopic (exact) mass is 316 g/mol. The second kappa shape index (κ2) is 6.20. The van der Waals surface area contributed by atoms with Crippen molar-refractivity contribution >= 4 is 17.6 Å². The molecule has 0 radical (unpaired) electrons. The van der Waals surface area contributed by atoms with Crippen LogP contribution < -0.4 is 5.32 Å². The van der Waals surface area contributed by atoms with Gasteiger partial charge in [-0.1, -0.05) is 12.1 Å². The zero-order chi connectivity index (χ0) is 16.4. The van der Waals surface area contributed by atoms with Crippen LogP contribution in [-0.4, -0.2) is 33.0 Å². The lowest BCUT2D eigenvalue weighted by atomic mass is 10.0. The zero-order valence-electron chi connectivity index (χ0n) is 12.7. The van der Waals surface area contributed by atoms with E-state index in [2.05, 4.69) is 10.4 Å². The first-order chi connectivity index (χ1) is 11.0. The number of hydrogen-bond acceptors (Lipinski definition) is 3.